The zero-order valence-electron chi connectivity index (χ0n) is 10.0. The Balaban J connectivity index is 2.93. The highest BCUT2D eigenvalue weighted by Crippen LogP contribution is 2.15. The van der Waals surface area contributed by atoms with Crippen LogP contribution in [-0.2, 0) is 4.74 Å². The number of aryl methyl sites for hydroxylation is 1. The minimum absolute atomic E-state index is 0.0222. The Kier molecular flexibility index (Phi) is 4.69. The molecule has 1 rings (SSSR count). The van der Waals surface area contributed by atoms with Crippen molar-refractivity contribution < 1.29 is 19.4 Å². The molecule has 1 N–H and O–H groups in total. The molecule has 1 aromatic carbocycles. The number of esters is 1. The number of carbonyl (C=O) groups excluding carboxylic acids is 1. The lowest BCUT2D eigenvalue weighted by Gasteiger charge is -2.08. The number of carboxylic acids is 1. The highest BCUT2D eigenvalue weighted by Gasteiger charge is 2.19. The van der Waals surface area contributed by atoms with Gasteiger partial charge >= 0.3 is 11.9 Å². The summed E-state index contributed by atoms with van der Waals surface area (Å²) < 4.78 is 5.01. The van der Waals surface area contributed by atoms with E-state index in [4.69, 9.17) is 9.84 Å². The summed E-state index contributed by atoms with van der Waals surface area (Å²) in [6, 6.07) is 4.79. The maximum absolute atomic E-state index is 11.7. The van der Waals surface area contributed by atoms with Crippen molar-refractivity contribution in [3.05, 3.63) is 34.9 Å². The lowest BCUT2D eigenvalue weighted by Crippen LogP contribution is -2.13. The smallest absolute Gasteiger partial charge is 0.339 e. The summed E-state index contributed by atoms with van der Waals surface area (Å²) in [4.78, 5) is 22.8. The number of benzene rings is 1. The number of aromatic carboxylic acids is 1. The zero-order chi connectivity index (χ0) is 12.8. The van der Waals surface area contributed by atoms with Crippen LogP contribution in [0, 0.1) is 6.92 Å². The quantitative estimate of drug-likeness (QED) is 0.630. The van der Waals surface area contributed by atoms with Crippen LogP contribution < -0.4 is 0 Å². The molecule has 0 heterocycles. The lowest BCUT2D eigenvalue weighted by molar-refractivity contribution is 0.0489. The van der Waals surface area contributed by atoms with Gasteiger partial charge in [0.05, 0.1) is 17.7 Å². The number of hydrogen-bond acceptors (Lipinski definition) is 3. The number of hydrogen-bond donors (Lipinski definition) is 1. The number of ether oxygens (including phenoxy) is 1. The van der Waals surface area contributed by atoms with E-state index >= 15 is 0 Å². The molecule has 0 spiro atoms. The molecule has 0 aliphatic carbocycles. The van der Waals surface area contributed by atoms with Gasteiger partial charge in [-0.3, -0.25) is 0 Å². The first-order valence-corrected chi connectivity index (χ1v) is 5.58. The Bertz CT molecular complexity index is 423. The van der Waals surface area contributed by atoms with E-state index in [2.05, 4.69) is 0 Å². The van der Waals surface area contributed by atoms with Crippen molar-refractivity contribution in [3.8, 4) is 0 Å². The van der Waals surface area contributed by atoms with Gasteiger partial charge in [0, 0.05) is 0 Å². The summed E-state index contributed by atoms with van der Waals surface area (Å²) >= 11 is 0. The van der Waals surface area contributed by atoms with Gasteiger partial charge in [0.25, 0.3) is 0 Å². The van der Waals surface area contributed by atoms with Crippen molar-refractivity contribution in [1.29, 1.82) is 0 Å². The molecule has 0 aliphatic heterocycles. The first-order valence-electron chi connectivity index (χ1n) is 5.58. The highest BCUT2D eigenvalue weighted by atomic mass is 16.5. The first kappa shape index (κ1) is 13.2. The Morgan fingerprint density at radius 2 is 2.06 bits per heavy atom. The molecule has 17 heavy (non-hydrogen) atoms. The van der Waals surface area contributed by atoms with E-state index in [0.717, 1.165) is 12.8 Å². The van der Waals surface area contributed by atoms with Crippen LogP contribution in [0.4, 0.5) is 0 Å². The molecule has 0 aliphatic rings. The molecular formula is C13H16O4. The minimum Gasteiger partial charge on any atom is -0.478 e. The van der Waals surface area contributed by atoms with Crippen LogP contribution in [0.2, 0.25) is 0 Å². The standard InChI is InChI=1S/C13H16O4/c1-3-4-8-17-13(16)10-7-5-6-9(2)11(10)12(14)15/h5-7H,3-4,8H2,1-2H3,(H,14,15). The summed E-state index contributed by atoms with van der Waals surface area (Å²) in [6.07, 6.45) is 1.70. The molecule has 0 bridgehead atoms. The molecule has 0 atom stereocenters. The van der Waals surface area contributed by atoms with Crippen LogP contribution in [-0.4, -0.2) is 23.7 Å². The highest BCUT2D eigenvalue weighted by molar-refractivity contribution is 6.03. The number of carbonyl (C=O) groups is 2. The molecular weight excluding hydrogens is 220 g/mol. The fourth-order valence-corrected chi connectivity index (χ4v) is 1.51. The van der Waals surface area contributed by atoms with E-state index in [1.807, 2.05) is 6.92 Å². The second kappa shape index (κ2) is 6.03. The van der Waals surface area contributed by atoms with Gasteiger partial charge in [0.15, 0.2) is 0 Å². The van der Waals surface area contributed by atoms with E-state index in [-0.39, 0.29) is 11.1 Å². The summed E-state index contributed by atoms with van der Waals surface area (Å²) in [5.74, 6) is -1.68. The van der Waals surface area contributed by atoms with Gasteiger partial charge in [-0.25, -0.2) is 9.59 Å². The minimum atomic E-state index is -1.11. The van der Waals surface area contributed by atoms with E-state index in [0.29, 0.717) is 12.2 Å². The molecule has 0 aromatic heterocycles. The second-order valence-corrected chi connectivity index (χ2v) is 3.79. The molecule has 0 fully saturated rings. The zero-order valence-corrected chi connectivity index (χ0v) is 10.0. The summed E-state index contributed by atoms with van der Waals surface area (Å²) in [7, 11) is 0. The molecule has 4 nitrogen and oxygen atoms in total. The van der Waals surface area contributed by atoms with Gasteiger partial charge in [-0.15, -0.1) is 0 Å². The van der Waals surface area contributed by atoms with Crippen molar-refractivity contribution in [3.63, 3.8) is 0 Å². The normalized spacial score (nSPS) is 10.0. The van der Waals surface area contributed by atoms with Crippen LogP contribution in [0.1, 0.15) is 46.0 Å². The van der Waals surface area contributed by atoms with Crippen LogP contribution in [0.25, 0.3) is 0 Å². The molecule has 0 amide bonds. The van der Waals surface area contributed by atoms with Gasteiger partial charge in [0.1, 0.15) is 0 Å². The van der Waals surface area contributed by atoms with Gasteiger partial charge in [-0.2, -0.15) is 0 Å². The first-order chi connectivity index (χ1) is 8.07. The van der Waals surface area contributed by atoms with E-state index in [9.17, 15) is 9.59 Å². The van der Waals surface area contributed by atoms with Crippen LogP contribution in [0.5, 0.6) is 0 Å². The maximum atomic E-state index is 11.7. The number of carboxylic acid groups (broad SMARTS) is 1. The Morgan fingerprint density at radius 1 is 1.35 bits per heavy atom. The van der Waals surface area contributed by atoms with E-state index in [1.54, 1.807) is 19.1 Å². The van der Waals surface area contributed by atoms with Crippen molar-refractivity contribution in [1.82, 2.24) is 0 Å². The largest absolute Gasteiger partial charge is 0.478 e. The summed E-state index contributed by atoms with van der Waals surface area (Å²) in [5, 5.41) is 9.06. The van der Waals surface area contributed by atoms with Gasteiger partial charge in [0.2, 0.25) is 0 Å². The van der Waals surface area contributed by atoms with Crippen molar-refractivity contribution >= 4 is 11.9 Å². The molecule has 0 saturated heterocycles. The van der Waals surface area contributed by atoms with E-state index in [1.165, 1.54) is 6.07 Å². The molecule has 92 valence electrons. The third kappa shape index (κ3) is 3.31. The predicted octanol–water partition coefficient (Wildman–Crippen LogP) is 2.65. The monoisotopic (exact) mass is 236 g/mol. The van der Waals surface area contributed by atoms with Crippen molar-refractivity contribution in [2.75, 3.05) is 6.61 Å². The fraction of sp³-hybridized carbons (Fsp3) is 0.385. The summed E-state index contributed by atoms with van der Waals surface area (Å²) in [6.45, 7) is 3.97. The van der Waals surface area contributed by atoms with Gasteiger partial charge in [-0.05, 0) is 25.0 Å². The maximum Gasteiger partial charge on any atom is 0.339 e. The number of unbranched alkanes of at least 4 members (excludes halogenated alkanes) is 1. The fourth-order valence-electron chi connectivity index (χ4n) is 1.51. The van der Waals surface area contributed by atoms with Crippen molar-refractivity contribution in [2.24, 2.45) is 0 Å². The average Bonchev–Trinajstić information content (AvgIpc) is 2.28. The SMILES string of the molecule is CCCCOC(=O)c1cccc(C)c1C(=O)O. The molecule has 0 unspecified atom stereocenters. The third-order valence-electron chi connectivity index (χ3n) is 2.44. The molecule has 0 saturated carbocycles. The van der Waals surface area contributed by atoms with Crippen molar-refractivity contribution in [2.45, 2.75) is 26.7 Å². The second-order valence-electron chi connectivity index (χ2n) is 3.79. The van der Waals surface area contributed by atoms with E-state index < -0.39 is 11.9 Å². The Morgan fingerprint density at radius 3 is 2.65 bits per heavy atom. The summed E-state index contributed by atoms with van der Waals surface area (Å²) in [5.41, 5.74) is 0.699. The predicted molar refractivity (Wildman–Crippen MR) is 63.3 cm³/mol. The lowest BCUT2D eigenvalue weighted by atomic mass is 10.0. The van der Waals surface area contributed by atoms with Gasteiger partial charge in [-0.1, -0.05) is 25.5 Å². The van der Waals surface area contributed by atoms with Crippen LogP contribution in [0.3, 0.4) is 0 Å². The Labute approximate surface area is 100 Å². The topological polar surface area (TPSA) is 63.6 Å². The van der Waals surface area contributed by atoms with Crippen LogP contribution in [0.15, 0.2) is 18.2 Å². The molecule has 1 aromatic rings. The molecule has 0 radical (unpaired) electrons. The molecule has 4 heteroatoms. The third-order valence-corrected chi connectivity index (χ3v) is 2.44. The Hall–Kier alpha value is -1.84. The van der Waals surface area contributed by atoms with Crippen LogP contribution >= 0.6 is 0 Å². The average molecular weight is 236 g/mol. The number of rotatable bonds is 5. The van der Waals surface area contributed by atoms with Gasteiger partial charge < -0.3 is 9.84 Å².